The third-order valence-electron chi connectivity index (χ3n) is 5.35. The van der Waals surface area contributed by atoms with Crippen LogP contribution >= 0.6 is 0 Å². The van der Waals surface area contributed by atoms with Crippen LogP contribution in [0.15, 0.2) is 60.7 Å². The SMILES string of the molecule is CC(C)(CCc1ccccc1)N1CCN(Cc2ccccc2)CC1. The van der Waals surface area contributed by atoms with Crippen molar-refractivity contribution in [2.75, 3.05) is 26.2 Å². The number of piperazine rings is 1. The van der Waals surface area contributed by atoms with Crippen LogP contribution in [0.4, 0.5) is 0 Å². The number of hydrogen-bond acceptors (Lipinski definition) is 2. The normalized spacial score (nSPS) is 17.1. The first-order chi connectivity index (χ1) is 11.6. The third-order valence-corrected chi connectivity index (χ3v) is 5.35. The van der Waals surface area contributed by atoms with Crippen molar-refractivity contribution in [3.63, 3.8) is 0 Å². The van der Waals surface area contributed by atoms with Crippen molar-refractivity contribution in [2.45, 2.75) is 38.8 Å². The predicted octanol–water partition coefficient (Wildman–Crippen LogP) is 4.22. The van der Waals surface area contributed by atoms with Crippen LogP contribution in [-0.2, 0) is 13.0 Å². The largest absolute Gasteiger partial charge is 0.297 e. The highest BCUT2D eigenvalue weighted by molar-refractivity contribution is 5.16. The molecule has 1 heterocycles. The molecule has 0 aromatic heterocycles. The second-order valence-corrected chi connectivity index (χ2v) is 7.55. The van der Waals surface area contributed by atoms with Gasteiger partial charge < -0.3 is 0 Å². The van der Waals surface area contributed by atoms with E-state index in [1.54, 1.807) is 0 Å². The summed E-state index contributed by atoms with van der Waals surface area (Å²) in [5, 5.41) is 0. The lowest BCUT2D eigenvalue weighted by Crippen LogP contribution is -2.54. The Kier molecular flexibility index (Phi) is 5.70. The quantitative estimate of drug-likeness (QED) is 0.786. The molecule has 0 aliphatic carbocycles. The Hall–Kier alpha value is -1.64. The highest BCUT2D eigenvalue weighted by Crippen LogP contribution is 2.23. The maximum atomic E-state index is 2.68. The van der Waals surface area contributed by atoms with Crippen molar-refractivity contribution in [2.24, 2.45) is 0 Å². The molecule has 0 unspecified atom stereocenters. The molecule has 0 atom stereocenters. The monoisotopic (exact) mass is 322 g/mol. The maximum Gasteiger partial charge on any atom is 0.0234 e. The molecular formula is C22H30N2. The Labute approximate surface area is 147 Å². The minimum atomic E-state index is 0.272. The fraction of sp³-hybridized carbons (Fsp3) is 0.455. The van der Waals surface area contributed by atoms with Gasteiger partial charge in [-0.2, -0.15) is 0 Å². The van der Waals surface area contributed by atoms with E-state index in [9.17, 15) is 0 Å². The molecule has 1 saturated heterocycles. The van der Waals surface area contributed by atoms with Crippen LogP contribution in [0.1, 0.15) is 31.4 Å². The van der Waals surface area contributed by atoms with Gasteiger partial charge in [0.05, 0.1) is 0 Å². The van der Waals surface area contributed by atoms with Gasteiger partial charge in [-0.15, -0.1) is 0 Å². The van der Waals surface area contributed by atoms with Crippen molar-refractivity contribution < 1.29 is 0 Å². The van der Waals surface area contributed by atoms with Gasteiger partial charge in [0.2, 0.25) is 0 Å². The van der Waals surface area contributed by atoms with Gasteiger partial charge in [0.1, 0.15) is 0 Å². The predicted molar refractivity (Wildman–Crippen MR) is 102 cm³/mol. The summed E-state index contributed by atoms with van der Waals surface area (Å²) in [6.45, 7) is 10.6. The summed E-state index contributed by atoms with van der Waals surface area (Å²) in [4.78, 5) is 5.26. The molecule has 128 valence electrons. The zero-order valence-electron chi connectivity index (χ0n) is 15.1. The first-order valence-electron chi connectivity index (χ1n) is 9.19. The summed E-state index contributed by atoms with van der Waals surface area (Å²) >= 11 is 0. The topological polar surface area (TPSA) is 6.48 Å². The minimum Gasteiger partial charge on any atom is -0.297 e. The van der Waals surface area contributed by atoms with Gasteiger partial charge >= 0.3 is 0 Å². The molecule has 2 aromatic carbocycles. The lowest BCUT2D eigenvalue weighted by Gasteiger charge is -2.44. The zero-order valence-corrected chi connectivity index (χ0v) is 15.1. The molecule has 2 heteroatoms. The lowest BCUT2D eigenvalue weighted by molar-refractivity contribution is 0.0446. The van der Waals surface area contributed by atoms with E-state index in [1.165, 1.54) is 43.7 Å². The van der Waals surface area contributed by atoms with Crippen LogP contribution in [0.2, 0.25) is 0 Å². The van der Waals surface area contributed by atoms with Crippen LogP contribution in [0, 0.1) is 0 Å². The number of aryl methyl sites for hydroxylation is 1. The first-order valence-corrected chi connectivity index (χ1v) is 9.19. The van der Waals surface area contributed by atoms with Crippen molar-refractivity contribution in [1.82, 2.24) is 9.80 Å². The summed E-state index contributed by atoms with van der Waals surface area (Å²) < 4.78 is 0. The fourth-order valence-corrected chi connectivity index (χ4v) is 3.61. The van der Waals surface area contributed by atoms with E-state index in [0.29, 0.717) is 0 Å². The molecule has 24 heavy (non-hydrogen) atoms. The third kappa shape index (κ3) is 4.68. The molecule has 1 aliphatic rings. The van der Waals surface area contributed by atoms with E-state index in [1.807, 2.05) is 0 Å². The van der Waals surface area contributed by atoms with Gasteiger partial charge in [0, 0.05) is 38.3 Å². The summed E-state index contributed by atoms with van der Waals surface area (Å²) in [7, 11) is 0. The number of rotatable bonds is 6. The van der Waals surface area contributed by atoms with Crippen LogP contribution in [0.5, 0.6) is 0 Å². The average Bonchev–Trinajstić information content (AvgIpc) is 2.62. The second-order valence-electron chi connectivity index (χ2n) is 7.55. The van der Waals surface area contributed by atoms with Gasteiger partial charge in [-0.3, -0.25) is 9.80 Å². The van der Waals surface area contributed by atoms with Gasteiger partial charge in [0.25, 0.3) is 0 Å². The Balaban J connectivity index is 1.48. The molecule has 0 saturated carbocycles. The summed E-state index contributed by atoms with van der Waals surface area (Å²) in [5.74, 6) is 0. The zero-order chi connectivity index (χ0) is 16.8. The van der Waals surface area contributed by atoms with Gasteiger partial charge in [0.15, 0.2) is 0 Å². The number of nitrogens with zero attached hydrogens (tertiary/aromatic N) is 2. The van der Waals surface area contributed by atoms with Crippen molar-refractivity contribution in [3.05, 3.63) is 71.8 Å². The van der Waals surface area contributed by atoms with E-state index < -0.39 is 0 Å². The van der Waals surface area contributed by atoms with Crippen LogP contribution in [0.25, 0.3) is 0 Å². The Bertz CT molecular complexity index is 598. The van der Waals surface area contributed by atoms with Crippen LogP contribution in [-0.4, -0.2) is 41.5 Å². The van der Waals surface area contributed by atoms with Crippen molar-refractivity contribution in [3.8, 4) is 0 Å². The molecule has 2 aromatic rings. The van der Waals surface area contributed by atoms with Gasteiger partial charge in [-0.1, -0.05) is 60.7 Å². The minimum absolute atomic E-state index is 0.272. The van der Waals surface area contributed by atoms with E-state index in [0.717, 1.165) is 13.0 Å². The standard InChI is InChI=1S/C22H30N2/c1-22(2,14-13-20-9-5-3-6-10-20)24-17-15-23(16-18-24)19-21-11-7-4-8-12-21/h3-12H,13-19H2,1-2H3. The Morgan fingerprint density at radius 1 is 0.750 bits per heavy atom. The Morgan fingerprint density at radius 3 is 1.88 bits per heavy atom. The van der Waals surface area contributed by atoms with Crippen molar-refractivity contribution >= 4 is 0 Å². The number of benzene rings is 2. The average molecular weight is 322 g/mol. The van der Waals surface area contributed by atoms with E-state index in [4.69, 9.17) is 0 Å². The van der Waals surface area contributed by atoms with E-state index in [-0.39, 0.29) is 5.54 Å². The van der Waals surface area contributed by atoms with Crippen LogP contribution in [0.3, 0.4) is 0 Å². The molecule has 0 amide bonds. The van der Waals surface area contributed by atoms with Crippen LogP contribution < -0.4 is 0 Å². The molecule has 1 fully saturated rings. The van der Waals surface area contributed by atoms with Gasteiger partial charge in [-0.25, -0.2) is 0 Å². The molecular weight excluding hydrogens is 292 g/mol. The molecule has 3 rings (SSSR count). The maximum absolute atomic E-state index is 2.68. The number of hydrogen-bond donors (Lipinski definition) is 0. The molecule has 1 aliphatic heterocycles. The second kappa shape index (κ2) is 7.96. The first kappa shape index (κ1) is 17.2. The van der Waals surface area contributed by atoms with E-state index >= 15 is 0 Å². The molecule has 0 radical (unpaired) electrons. The van der Waals surface area contributed by atoms with Crippen molar-refractivity contribution in [1.29, 1.82) is 0 Å². The summed E-state index contributed by atoms with van der Waals surface area (Å²) in [5.41, 5.74) is 3.15. The molecule has 0 bridgehead atoms. The Morgan fingerprint density at radius 2 is 1.29 bits per heavy atom. The lowest BCUT2D eigenvalue weighted by atomic mass is 9.92. The molecule has 0 spiro atoms. The smallest absolute Gasteiger partial charge is 0.0234 e. The fourth-order valence-electron chi connectivity index (χ4n) is 3.61. The molecule has 2 nitrogen and oxygen atoms in total. The van der Waals surface area contributed by atoms with E-state index in [2.05, 4.69) is 84.3 Å². The molecule has 0 N–H and O–H groups in total. The highest BCUT2D eigenvalue weighted by atomic mass is 15.3. The summed E-state index contributed by atoms with van der Waals surface area (Å²) in [6, 6.07) is 21.7. The summed E-state index contributed by atoms with van der Waals surface area (Å²) in [6.07, 6.45) is 2.38. The highest BCUT2D eigenvalue weighted by Gasteiger charge is 2.29. The van der Waals surface area contributed by atoms with Gasteiger partial charge in [-0.05, 0) is 37.8 Å².